The normalized spacial score (nSPS) is 36.5. The number of carbonyl (C=O) groups excluding carboxylic acids is 1. The zero-order valence-corrected chi connectivity index (χ0v) is 21.7. The summed E-state index contributed by atoms with van der Waals surface area (Å²) in [6, 6.07) is -0.797. The van der Waals surface area contributed by atoms with Crippen molar-refractivity contribution in [1.29, 1.82) is 0 Å². The molecule has 208 valence electrons. The minimum absolute atomic E-state index is 0.0307. The van der Waals surface area contributed by atoms with E-state index in [4.69, 9.17) is 14.5 Å². The summed E-state index contributed by atoms with van der Waals surface area (Å²) in [6.07, 6.45) is -3.52. The van der Waals surface area contributed by atoms with Crippen molar-refractivity contribution in [3.05, 3.63) is 0 Å². The van der Waals surface area contributed by atoms with Crippen molar-refractivity contribution >= 4 is 35.7 Å². The Morgan fingerprint density at radius 2 is 1.78 bits per heavy atom. The Bertz CT molecular complexity index is 1010. The minimum atomic E-state index is -5.73. The Balaban J connectivity index is 1.75. The van der Waals surface area contributed by atoms with Gasteiger partial charge in [0.25, 0.3) is 0 Å². The van der Waals surface area contributed by atoms with Gasteiger partial charge in [-0.2, -0.15) is 8.62 Å². The molecule has 18 nitrogen and oxygen atoms in total. The van der Waals surface area contributed by atoms with Gasteiger partial charge >= 0.3 is 23.5 Å². The molecule has 3 heterocycles. The zero-order chi connectivity index (χ0) is 27.1. The molecule has 3 aliphatic rings. The number of aliphatic hydroxyl groups is 2. The molecule has 0 aromatic heterocycles. The summed E-state index contributed by atoms with van der Waals surface area (Å²) in [6.45, 7) is 2.89. The third kappa shape index (κ3) is 6.15. The van der Waals surface area contributed by atoms with Crippen molar-refractivity contribution in [1.82, 2.24) is 15.5 Å². The summed E-state index contributed by atoms with van der Waals surface area (Å²) in [7, 11) is -16.8. The topological polar surface area (TPSA) is 266 Å². The van der Waals surface area contributed by atoms with Crippen molar-refractivity contribution in [2.45, 2.75) is 62.9 Å². The Morgan fingerprint density at radius 3 is 2.36 bits per heavy atom. The van der Waals surface area contributed by atoms with Crippen molar-refractivity contribution in [3.8, 4) is 0 Å². The van der Waals surface area contributed by atoms with Gasteiger partial charge in [0.05, 0.1) is 19.6 Å². The molecule has 8 N–H and O–H groups in total. The number of phosphoric ester groups is 1. The lowest BCUT2D eigenvalue weighted by molar-refractivity contribution is -0.145. The maximum absolute atomic E-state index is 12.6. The second-order valence-electron chi connectivity index (χ2n) is 8.26. The number of ether oxygens (including phenoxy) is 1. The van der Waals surface area contributed by atoms with Crippen LogP contribution in [0.3, 0.4) is 0 Å². The number of aliphatic hydroxyl groups excluding tert-OH is 2. The number of hydrogen-bond acceptors (Lipinski definition) is 13. The van der Waals surface area contributed by atoms with E-state index in [1.807, 2.05) is 13.8 Å². The van der Waals surface area contributed by atoms with Crippen LogP contribution in [0.25, 0.3) is 0 Å². The maximum atomic E-state index is 12.6. The van der Waals surface area contributed by atoms with Crippen LogP contribution in [-0.4, -0.2) is 96.5 Å². The van der Waals surface area contributed by atoms with Crippen LogP contribution in [0.4, 0.5) is 0 Å². The Kier molecular flexibility index (Phi) is 9.01. The van der Waals surface area contributed by atoms with Gasteiger partial charge in [-0.15, -0.1) is 0 Å². The number of fused-ring (bicyclic) bond motifs is 1. The molecule has 8 atom stereocenters. The van der Waals surface area contributed by atoms with E-state index in [1.54, 1.807) is 4.90 Å². The van der Waals surface area contributed by atoms with Crippen LogP contribution >= 0.6 is 23.5 Å². The van der Waals surface area contributed by atoms with Crippen LogP contribution in [0.1, 0.15) is 26.7 Å². The lowest BCUT2D eigenvalue weighted by Gasteiger charge is -2.46. The molecule has 5 unspecified atom stereocenters. The van der Waals surface area contributed by atoms with Gasteiger partial charge in [-0.3, -0.25) is 19.6 Å². The molecule has 3 rings (SSSR count). The van der Waals surface area contributed by atoms with Gasteiger partial charge < -0.3 is 39.8 Å². The average molecular weight is 582 g/mol. The number of hydrogen-bond donors (Lipinski definition) is 8. The van der Waals surface area contributed by atoms with Crippen molar-refractivity contribution in [2.75, 3.05) is 13.3 Å². The average Bonchev–Trinajstić information content (AvgIpc) is 3.24. The number of nitrogens with one attached hydrogen (secondary N) is 2. The smallest absolute Gasteiger partial charge is 0.387 e. The minimum Gasteiger partial charge on any atom is -0.387 e. The fraction of sp³-hybridized carbons (Fsp3) is 0.867. The number of nitrogens with zero attached hydrogens (tertiary/aromatic N) is 2. The highest BCUT2D eigenvalue weighted by atomic mass is 31.3. The highest BCUT2D eigenvalue weighted by molar-refractivity contribution is 7.66. The number of amides is 1. The molecule has 3 aliphatic heterocycles. The van der Waals surface area contributed by atoms with E-state index in [0.29, 0.717) is 12.8 Å². The molecule has 2 saturated heterocycles. The van der Waals surface area contributed by atoms with Gasteiger partial charge in [0, 0.05) is 0 Å². The number of carbonyl (C=O) groups is 1. The van der Waals surface area contributed by atoms with E-state index in [1.165, 1.54) is 6.34 Å². The largest absolute Gasteiger partial charge is 0.490 e. The summed E-state index contributed by atoms with van der Waals surface area (Å²) >= 11 is 0. The Hall–Kier alpha value is -0.650. The maximum Gasteiger partial charge on any atom is 0.490 e. The van der Waals surface area contributed by atoms with Gasteiger partial charge in [-0.05, 0) is 18.8 Å². The lowest BCUT2D eigenvalue weighted by atomic mass is 9.81. The first kappa shape index (κ1) is 29.9. The highest BCUT2D eigenvalue weighted by Gasteiger charge is 2.62. The molecular formula is C15H29N4O14P3. The standard InChI is InChI=1S/C15H29N4O14P3/c1-3-8(4-2)15-12(13(22)16-6-18-15)17-7-19(15)14-11(21)10(20)9(31-14)5-30-35(26,27)33-36(28,29)32-34(23,24)25/h6,8-12,14,17,20-21H,3-5,7H2,1-2H3,(H,26,27)(H,28,29)(H,16,18,22)(H2,23,24,25)/t9-,10-,11-,12?,14?,15?/m1/s1. The molecular weight excluding hydrogens is 553 g/mol. The zero-order valence-electron chi connectivity index (χ0n) is 19.1. The second kappa shape index (κ2) is 10.8. The first-order chi connectivity index (χ1) is 16.6. The number of aliphatic imine (C=N–C) groups is 1. The summed E-state index contributed by atoms with van der Waals surface area (Å²) in [5.41, 5.74) is -1.17. The molecule has 1 amide bonds. The van der Waals surface area contributed by atoms with E-state index in [-0.39, 0.29) is 18.5 Å². The summed E-state index contributed by atoms with van der Waals surface area (Å²) < 4.78 is 51.7. The van der Waals surface area contributed by atoms with Crippen LogP contribution in [-0.2, 0) is 36.4 Å². The van der Waals surface area contributed by atoms with E-state index in [2.05, 4.69) is 28.8 Å². The molecule has 0 aromatic carbocycles. The third-order valence-corrected chi connectivity index (χ3v) is 9.94. The summed E-state index contributed by atoms with van der Waals surface area (Å²) in [5, 5.41) is 26.8. The van der Waals surface area contributed by atoms with Gasteiger partial charge in [0.2, 0.25) is 5.91 Å². The molecule has 36 heavy (non-hydrogen) atoms. The molecule has 0 aliphatic carbocycles. The van der Waals surface area contributed by atoms with Crippen molar-refractivity contribution in [3.63, 3.8) is 0 Å². The van der Waals surface area contributed by atoms with Crippen molar-refractivity contribution in [2.24, 2.45) is 10.9 Å². The molecule has 0 saturated carbocycles. The van der Waals surface area contributed by atoms with Crippen LogP contribution in [0.5, 0.6) is 0 Å². The van der Waals surface area contributed by atoms with E-state index >= 15 is 0 Å². The molecule has 0 radical (unpaired) electrons. The van der Waals surface area contributed by atoms with E-state index in [9.17, 15) is 38.5 Å². The van der Waals surface area contributed by atoms with Crippen LogP contribution in [0.2, 0.25) is 0 Å². The Labute approximate surface area is 205 Å². The molecule has 21 heteroatoms. The number of rotatable bonds is 11. The summed E-state index contributed by atoms with van der Waals surface area (Å²) in [4.78, 5) is 54.7. The van der Waals surface area contributed by atoms with Gasteiger partial charge in [0.15, 0.2) is 0 Å². The van der Waals surface area contributed by atoms with E-state index < -0.39 is 66.3 Å². The molecule has 0 aromatic rings. The van der Waals surface area contributed by atoms with Crippen molar-refractivity contribution < 1.29 is 66.2 Å². The van der Waals surface area contributed by atoms with Crippen LogP contribution < -0.4 is 10.6 Å². The van der Waals surface area contributed by atoms with E-state index in [0.717, 1.165) is 0 Å². The van der Waals surface area contributed by atoms with Gasteiger partial charge in [-0.1, -0.05) is 13.8 Å². The fourth-order valence-electron chi connectivity index (χ4n) is 4.70. The first-order valence-corrected chi connectivity index (χ1v) is 15.2. The lowest BCUT2D eigenvalue weighted by Crippen LogP contribution is -2.65. The second-order valence-corrected chi connectivity index (χ2v) is 12.7. The molecule has 2 fully saturated rings. The first-order valence-electron chi connectivity index (χ1n) is 10.7. The number of phosphoric acid groups is 3. The van der Waals surface area contributed by atoms with Gasteiger partial charge in [-0.25, -0.2) is 18.6 Å². The predicted molar refractivity (Wildman–Crippen MR) is 118 cm³/mol. The SMILES string of the molecule is CCC(CC)C12N=CNC(=O)C1NCN2C1O[C@H](COP(=O)(O)OP(=O)(O)OP(=O)(O)O)[C@@H](O)[C@H]1O. The fourth-order valence-corrected chi connectivity index (χ4v) is 7.73. The highest BCUT2D eigenvalue weighted by Crippen LogP contribution is 2.66. The van der Waals surface area contributed by atoms with Crippen LogP contribution in [0.15, 0.2) is 4.99 Å². The quantitative estimate of drug-likeness (QED) is 0.126. The third-order valence-electron chi connectivity index (χ3n) is 6.14. The van der Waals surface area contributed by atoms with Crippen LogP contribution in [0, 0.1) is 5.92 Å². The summed E-state index contributed by atoms with van der Waals surface area (Å²) in [5.74, 6) is -0.529. The molecule has 0 bridgehead atoms. The Morgan fingerprint density at radius 1 is 1.14 bits per heavy atom. The predicted octanol–water partition coefficient (Wildman–Crippen LogP) is -1.70. The molecule has 0 spiro atoms. The van der Waals surface area contributed by atoms with Gasteiger partial charge in [0.1, 0.15) is 36.2 Å². The monoisotopic (exact) mass is 582 g/mol.